The van der Waals surface area contributed by atoms with E-state index >= 15 is 0 Å². The van der Waals surface area contributed by atoms with E-state index in [0.717, 1.165) is 33.8 Å². The van der Waals surface area contributed by atoms with Crippen molar-refractivity contribution in [3.05, 3.63) is 58.9 Å². The second-order valence-electron chi connectivity index (χ2n) is 8.15. The Labute approximate surface area is 189 Å². The van der Waals surface area contributed by atoms with Crippen molar-refractivity contribution in [1.82, 2.24) is 19.9 Å². The van der Waals surface area contributed by atoms with Gasteiger partial charge in [-0.25, -0.2) is 9.48 Å². The quantitative estimate of drug-likeness (QED) is 0.580. The van der Waals surface area contributed by atoms with Crippen molar-refractivity contribution in [3.8, 4) is 17.2 Å². The van der Waals surface area contributed by atoms with Gasteiger partial charge in [-0.3, -0.25) is 0 Å². The van der Waals surface area contributed by atoms with Crippen LogP contribution in [-0.4, -0.2) is 47.2 Å². The molecule has 0 bridgehead atoms. The SMILES string of the molecule is COc1cc(C)c(CN(C)C(=O)Nc2ccc(-n3cc(C)nn3)c(OC)c2)cc1C(C)C. The first-order valence-corrected chi connectivity index (χ1v) is 10.5. The predicted octanol–water partition coefficient (Wildman–Crippen LogP) is 4.69. The van der Waals surface area contributed by atoms with Gasteiger partial charge >= 0.3 is 6.03 Å². The van der Waals surface area contributed by atoms with E-state index in [0.29, 0.717) is 23.9 Å². The predicted molar refractivity (Wildman–Crippen MR) is 125 cm³/mol. The van der Waals surface area contributed by atoms with E-state index in [-0.39, 0.29) is 6.03 Å². The number of hydrogen-bond acceptors (Lipinski definition) is 5. The lowest BCUT2D eigenvalue weighted by molar-refractivity contribution is 0.220. The highest BCUT2D eigenvalue weighted by atomic mass is 16.5. The molecule has 3 aromatic rings. The summed E-state index contributed by atoms with van der Waals surface area (Å²) in [5.74, 6) is 1.79. The van der Waals surface area contributed by atoms with Crippen LogP contribution >= 0.6 is 0 Å². The molecule has 170 valence electrons. The molecule has 8 nitrogen and oxygen atoms in total. The molecule has 0 atom stereocenters. The monoisotopic (exact) mass is 437 g/mol. The first kappa shape index (κ1) is 23.1. The van der Waals surface area contributed by atoms with Crippen LogP contribution in [0.2, 0.25) is 0 Å². The first-order chi connectivity index (χ1) is 15.2. The summed E-state index contributed by atoms with van der Waals surface area (Å²) < 4.78 is 12.7. The molecule has 1 heterocycles. The lowest BCUT2D eigenvalue weighted by atomic mass is 9.96. The van der Waals surface area contributed by atoms with Crippen LogP contribution in [0.3, 0.4) is 0 Å². The molecule has 32 heavy (non-hydrogen) atoms. The summed E-state index contributed by atoms with van der Waals surface area (Å²) in [5.41, 5.74) is 5.48. The van der Waals surface area contributed by atoms with Gasteiger partial charge in [0.05, 0.1) is 26.1 Å². The Morgan fingerprint density at radius 2 is 1.84 bits per heavy atom. The minimum atomic E-state index is -0.210. The van der Waals surface area contributed by atoms with Crippen molar-refractivity contribution >= 4 is 11.7 Å². The Hall–Kier alpha value is -3.55. The Morgan fingerprint density at radius 1 is 1.12 bits per heavy atom. The molecule has 0 aliphatic rings. The van der Waals surface area contributed by atoms with Gasteiger partial charge in [-0.2, -0.15) is 0 Å². The number of aryl methyl sites for hydroxylation is 2. The number of carbonyl (C=O) groups excluding carboxylic acids is 1. The van der Waals surface area contributed by atoms with Crippen molar-refractivity contribution in [2.75, 3.05) is 26.6 Å². The molecule has 0 radical (unpaired) electrons. The highest BCUT2D eigenvalue weighted by Crippen LogP contribution is 2.30. The third-order valence-corrected chi connectivity index (χ3v) is 5.35. The van der Waals surface area contributed by atoms with Gasteiger partial charge in [-0.05, 0) is 60.7 Å². The van der Waals surface area contributed by atoms with Gasteiger partial charge in [-0.1, -0.05) is 19.1 Å². The van der Waals surface area contributed by atoms with Crippen LogP contribution in [0.25, 0.3) is 5.69 Å². The van der Waals surface area contributed by atoms with Crippen molar-refractivity contribution < 1.29 is 14.3 Å². The van der Waals surface area contributed by atoms with E-state index in [4.69, 9.17) is 9.47 Å². The molecule has 2 amide bonds. The van der Waals surface area contributed by atoms with Crippen LogP contribution in [0.1, 0.15) is 42.1 Å². The van der Waals surface area contributed by atoms with E-state index in [1.54, 1.807) is 36.9 Å². The molecule has 0 aliphatic carbocycles. The maximum absolute atomic E-state index is 12.8. The molecule has 2 aromatic carbocycles. The van der Waals surface area contributed by atoms with Gasteiger partial charge in [-0.15, -0.1) is 5.10 Å². The smallest absolute Gasteiger partial charge is 0.321 e. The number of benzene rings is 2. The lowest BCUT2D eigenvalue weighted by Crippen LogP contribution is -2.31. The number of hydrogen-bond donors (Lipinski definition) is 1. The molecule has 1 aromatic heterocycles. The van der Waals surface area contributed by atoms with Crippen molar-refractivity contribution in [3.63, 3.8) is 0 Å². The highest BCUT2D eigenvalue weighted by molar-refractivity contribution is 5.89. The molecule has 0 saturated heterocycles. The number of amides is 2. The normalized spacial score (nSPS) is 10.9. The van der Waals surface area contributed by atoms with Crippen molar-refractivity contribution in [2.45, 2.75) is 40.2 Å². The fraction of sp³-hybridized carbons (Fsp3) is 0.375. The topological polar surface area (TPSA) is 81.5 Å². The number of methoxy groups -OCH3 is 2. The van der Waals surface area contributed by atoms with Crippen LogP contribution in [0, 0.1) is 13.8 Å². The lowest BCUT2D eigenvalue weighted by Gasteiger charge is -2.22. The molecule has 0 unspecified atom stereocenters. The Balaban J connectivity index is 1.75. The Morgan fingerprint density at radius 3 is 2.44 bits per heavy atom. The van der Waals surface area contributed by atoms with Gasteiger partial charge in [0.1, 0.15) is 17.2 Å². The highest BCUT2D eigenvalue weighted by Gasteiger charge is 2.16. The van der Waals surface area contributed by atoms with E-state index in [9.17, 15) is 4.79 Å². The largest absolute Gasteiger partial charge is 0.496 e. The Bertz CT molecular complexity index is 1110. The van der Waals surface area contributed by atoms with E-state index in [1.165, 1.54) is 0 Å². The number of nitrogens with zero attached hydrogens (tertiary/aromatic N) is 4. The number of anilines is 1. The first-order valence-electron chi connectivity index (χ1n) is 10.5. The number of aromatic nitrogens is 3. The van der Waals surface area contributed by atoms with E-state index in [1.807, 2.05) is 38.2 Å². The second-order valence-corrected chi connectivity index (χ2v) is 8.15. The molecule has 0 fully saturated rings. The summed E-state index contributed by atoms with van der Waals surface area (Å²) in [4.78, 5) is 14.5. The maximum Gasteiger partial charge on any atom is 0.321 e. The van der Waals surface area contributed by atoms with E-state index < -0.39 is 0 Å². The van der Waals surface area contributed by atoms with E-state index in [2.05, 4.69) is 35.5 Å². The van der Waals surface area contributed by atoms with Gasteiger partial charge in [0.2, 0.25) is 0 Å². The van der Waals surface area contributed by atoms with Crippen LogP contribution in [-0.2, 0) is 6.54 Å². The minimum Gasteiger partial charge on any atom is -0.496 e. The number of nitrogens with one attached hydrogen (secondary N) is 1. The van der Waals surface area contributed by atoms with Crippen molar-refractivity contribution in [1.29, 1.82) is 0 Å². The summed E-state index contributed by atoms with van der Waals surface area (Å²) in [6, 6.07) is 9.37. The number of urea groups is 1. The molecule has 3 rings (SSSR count). The standard InChI is InChI=1S/C24H31N5O3/c1-15(2)20-11-18(16(3)10-22(20)31-6)14-28(5)24(30)25-19-8-9-21(23(12-19)32-7)29-13-17(4)26-27-29/h8-13,15H,14H2,1-7H3,(H,25,30). The average Bonchev–Trinajstić information content (AvgIpc) is 3.20. The zero-order valence-corrected chi connectivity index (χ0v) is 19.8. The molecule has 0 aliphatic heterocycles. The number of ether oxygens (including phenoxy) is 2. The zero-order chi connectivity index (χ0) is 23.4. The third-order valence-electron chi connectivity index (χ3n) is 5.35. The summed E-state index contributed by atoms with van der Waals surface area (Å²) in [7, 11) is 5.04. The molecular weight excluding hydrogens is 406 g/mol. The van der Waals surface area contributed by atoms with Gasteiger partial charge in [0.15, 0.2) is 0 Å². The summed E-state index contributed by atoms with van der Waals surface area (Å²) in [6.45, 7) is 8.64. The summed E-state index contributed by atoms with van der Waals surface area (Å²) in [6.07, 6.45) is 1.81. The van der Waals surface area contributed by atoms with Gasteiger partial charge in [0, 0.05) is 25.3 Å². The zero-order valence-electron chi connectivity index (χ0n) is 19.8. The fourth-order valence-corrected chi connectivity index (χ4v) is 3.50. The van der Waals surface area contributed by atoms with Crippen LogP contribution in [0.4, 0.5) is 10.5 Å². The van der Waals surface area contributed by atoms with Crippen LogP contribution < -0.4 is 14.8 Å². The van der Waals surface area contributed by atoms with Gasteiger partial charge < -0.3 is 19.7 Å². The van der Waals surface area contributed by atoms with Crippen LogP contribution in [0.15, 0.2) is 36.5 Å². The Kier molecular flexibility index (Phi) is 7.02. The molecule has 0 spiro atoms. The molecule has 1 N–H and O–H groups in total. The average molecular weight is 438 g/mol. The molecule has 0 saturated carbocycles. The number of carbonyl (C=O) groups is 1. The molecule has 8 heteroatoms. The third kappa shape index (κ3) is 5.01. The maximum atomic E-state index is 12.8. The van der Waals surface area contributed by atoms with Crippen LogP contribution in [0.5, 0.6) is 11.5 Å². The minimum absolute atomic E-state index is 0.210. The fourth-order valence-electron chi connectivity index (χ4n) is 3.50. The summed E-state index contributed by atoms with van der Waals surface area (Å²) >= 11 is 0. The van der Waals surface area contributed by atoms with Crippen molar-refractivity contribution in [2.24, 2.45) is 0 Å². The second kappa shape index (κ2) is 9.72. The van der Waals surface area contributed by atoms with Gasteiger partial charge in [0.25, 0.3) is 0 Å². The molecular formula is C24H31N5O3. The summed E-state index contributed by atoms with van der Waals surface area (Å²) in [5, 5.41) is 11.0. The number of rotatable bonds is 7.